The van der Waals surface area contributed by atoms with Crippen LogP contribution in [0.1, 0.15) is 32.1 Å². The van der Waals surface area contributed by atoms with Crippen LogP contribution in [0.25, 0.3) is 0 Å². The number of phenolic OH excluding ortho intramolecular Hbond substituents is 1. The van der Waals surface area contributed by atoms with E-state index in [-0.39, 0.29) is 5.75 Å². The first kappa shape index (κ1) is 11.8. The van der Waals surface area contributed by atoms with Gasteiger partial charge in [0.15, 0.2) is 0 Å². The van der Waals surface area contributed by atoms with Crippen LogP contribution in [0.4, 0.5) is 0 Å². The Kier molecular flexibility index (Phi) is 4.10. The minimum absolute atomic E-state index is 0.255. The maximum absolute atomic E-state index is 9.36. The molecule has 1 aliphatic carbocycles. The Morgan fingerprint density at radius 1 is 1.25 bits per heavy atom. The molecule has 1 aromatic carbocycles. The third-order valence-electron chi connectivity index (χ3n) is 3.13. The highest BCUT2D eigenvalue weighted by molar-refractivity contribution is 9.10. The number of halogens is 1. The summed E-state index contributed by atoms with van der Waals surface area (Å²) in [6.45, 7) is 0.803. The standard InChI is InChI=1S/C13H17BrO2/c14-12-8-11(6-7-13(12)15)16-9-10-4-2-1-3-5-10/h6-8,10,15H,1-5,9H2. The lowest BCUT2D eigenvalue weighted by molar-refractivity contribution is 0.208. The van der Waals surface area contributed by atoms with Crippen LogP contribution in [-0.2, 0) is 0 Å². The Labute approximate surface area is 105 Å². The van der Waals surface area contributed by atoms with E-state index in [1.807, 2.05) is 12.1 Å². The van der Waals surface area contributed by atoms with Crippen molar-refractivity contribution < 1.29 is 9.84 Å². The van der Waals surface area contributed by atoms with Crippen molar-refractivity contribution in [1.29, 1.82) is 0 Å². The molecule has 2 nitrogen and oxygen atoms in total. The van der Waals surface area contributed by atoms with E-state index >= 15 is 0 Å². The molecule has 0 aromatic heterocycles. The van der Waals surface area contributed by atoms with E-state index in [1.54, 1.807) is 6.07 Å². The second-order valence-corrected chi connectivity index (χ2v) is 5.28. The van der Waals surface area contributed by atoms with Gasteiger partial charge in [-0.05, 0) is 52.9 Å². The number of phenols is 1. The van der Waals surface area contributed by atoms with Crippen molar-refractivity contribution in [1.82, 2.24) is 0 Å². The summed E-state index contributed by atoms with van der Waals surface area (Å²) in [6.07, 6.45) is 6.64. The zero-order valence-electron chi connectivity index (χ0n) is 9.29. The Balaban J connectivity index is 1.86. The summed E-state index contributed by atoms with van der Waals surface area (Å²) in [5.41, 5.74) is 0. The highest BCUT2D eigenvalue weighted by Crippen LogP contribution is 2.29. The summed E-state index contributed by atoms with van der Waals surface area (Å²) < 4.78 is 6.43. The largest absolute Gasteiger partial charge is 0.507 e. The third kappa shape index (κ3) is 3.14. The molecule has 0 atom stereocenters. The van der Waals surface area contributed by atoms with Crippen LogP contribution < -0.4 is 4.74 Å². The van der Waals surface area contributed by atoms with E-state index in [2.05, 4.69) is 15.9 Å². The van der Waals surface area contributed by atoms with Gasteiger partial charge in [-0.2, -0.15) is 0 Å². The fraction of sp³-hybridized carbons (Fsp3) is 0.538. The number of benzene rings is 1. The van der Waals surface area contributed by atoms with Crippen LogP contribution in [0.15, 0.2) is 22.7 Å². The average Bonchev–Trinajstić information content (AvgIpc) is 2.32. The van der Waals surface area contributed by atoms with Crippen LogP contribution in [0.5, 0.6) is 11.5 Å². The molecular formula is C13H17BrO2. The van der Waals surface area contributed by atoms with Crippen LogP contribution in [-0.4, -0.2) is 11.7 Å². The van der Waals surface area contributed by atoms with Gasteiger partial charge in [0, 0.05) is 0 Å². The van der Waals surface area contributed by atoms with E-state index < -0.39 is 0 Å². The van der Waals surface area contributed by atoms with E-state index in [4.69, 9.17) is 4.74 Å². The lowest BCUT2D eigenvalue weighted by Gasteiger charge is -2.21. The predicted octanol–water partition coefficient (Wildman–Crippen LogP) is 4.11. The van der Waals surface area contributed by atoms with Crippen LogP contribution in [0, 0.1) is 5.92 Å². The number of hydrogen-bond acceptors (Lipinski definition) is 2. The van der Waals surface area contributed by atoms with Crippen molar-refractivity contribution >= 4 is 15.9 Å². The second-order valence-electron chi connectivity index (χ2n) is 4.43. The minimum Gasteiger partial charge on any atom is -0.507 e. The van der Waals surface area contributed by atoms with E-state index in [0.717, 1.165) is 12.4 Å². The highest BCUT2D eigenvalue weighted by Gasteiger charge is 2.14. The van der Waals surface area contributed by atoms with Crippen LogP contribution in [0.2, 0.25) is 0 Å². The summed E-state index contributed by atoms with van der Waals surface area (Å²) in [4.78, 5) is 0. The molecule has 1 saturated carbocycles. The fourth-order valence-electron chi connectivity index (χ4n) is 2.15. The maximum atomic E-state index is 9.36. The van der Waals surface area contributed by atoms with Gasteiger partial charge >= 0.3 is 0 Å². The summed E-state index contributed by atoms with van der Waals surface area (Å²) in [6, 6.07) is 5.28. The molecule has 3 heteroatoms. The average molecular weight is 285 g/mol. The Morgan fingerprint density at radius 3 is 2.69 bits per heavy atom. The summed E-state index contributed by atoms with van der Waals surface area (Å²) in [5, 5.41) is 9.36. The number of aromatic hydroxyl groups is 1. The van der Waals surface area contributed by atoms with E-state index in [9.17, 15) is 5.11 Å². The SMILES string of the molecule is Oc1ccc(OCC2CCCCC2)cc1Br. The molecule has 16 heavy (non-hydrogen) atoms. The molecule has 2 rings (SSSR count). The van der Waals surface area contributed by atoms with Gasteiger partial charge in [-0.3, -0.25) is 0 Å². The zero-order chi connectivity index (χ0) is 11.4. The van der Waals surface area contributed by atoms with Gasteiger partial charge in [-0.25, -0.2) is 0 Å². The number of rotatable bonds is 3. The maximum Gasteiger partial charge on any atom is 0.130 e. The Hall–Kier alpha value is -0.700. The van der Waals surface area contributed by atoms with E-state index in [1.165, 1.54) is 32.1 Å². The first-order valence-electron chi connectivity index (χ1n) is 5.87. The van der Waals surface area contributed by atoms with Crippen LogP contribution >= 0.6 is 15.9 Å². The molecule has 0 unspecified atom stereocenters. The van der Waals surface area contributed by atoms with Crippen molar-refractivity contribution in [3.8, 4) is 11.5 Å². The lowest BCUT2D eigenvalue weighted by atomic mass is 9.90. The van der Waals surface area contributed by atoms with Crippen molar-refractivity contribution in [2.24, 2.45) is 5.92 Å². The van der Waals surface area contributed by atoms with Gasteiger partial charge in [0.05, 0.1) is 11.1 Å². The molecule has 1 N–H and O–H groups in total. The minimum atomic E-state index is 0.255. The fourth-order valence-corrected chi connectivity index (χ4v) is 2.50. The molecule has 0 bridgehead atoms. The van der Waals surface area contributed by atoms with Gasteiger partial charge < -0.3 is 9.84 Å². The van der Waals surface area contributed by atoms with Crippen molar-refractivity contribution in [3.05, 3.63) is 22.7 Å². The molecular weight excluding hydrogens is 268 g/mol. The molecule has 0 amide bonds. The van der Waals surface area contributed by atoms with Crippen molar-refractivity contribution in [2.45, 2.75) is 32.1 Å². The van der Waals surface area contributed by atoms with E-state index in [0.29, 0.717) is 10.4 Å². The molecule has 1 aliphatic rings. The van der Waals surface area contributed by atoms with Gasteiger partial charge in [0.25, 0.3) is 0 Å². The summed E-state index contributed by atoms with van der Waals surface area (Å²) >= 11 is 3.28. The normalized spacial score (nSPS) is 17.3. The number of hydrogen-bond donors (Lipinski definition) is 1. The highest BCUT2D eigenvalue weighted by atomic mass is 79.9. The van der Waals surface area contributed by atoms with Gasteiger partial charge in [-0.1, -0.05) is 19.3 Å². The molecule has 1 aromatic rings. The predicted molar refractivity (Wildman–Crippen MR) is 67.9 cm³/mol. The Bertz CT molecular complexity index is 346. The lowest BCUT2D eigenvalue weighted by Crippen LogP contribution is -2.15. The van der Waals surface area contributed by atoms with Gasteiger partial charge in [0.1, 0.15) is 11.5 Å². The van der Waals surface area contributed by atoms with Crippen molar-refractivity contribution in [3.63, 3.8) is 0 Å². The molecule has 0 radical (unpaired) electrons. The topological polar surface area (TPSA) is 29.5 Å². The molecule has 0 saturated heterocycles. The van der Waals surface area contributed by atoms with Crippen molar-refractivity contribution in [2.75, 3.05) is 6.61 Å². The molecule has 88 valence electrons. The number of ether oxygens (including phenoxy) is 1. The molecule has 0 aliphatic heterocycles. The monoisotopic (exact) mass is 284 g/mol. The third-order valence-corrected chi connectivity index (χ3v) is 3.76. The smallest absolute Gasteiger partial charge is 0.130 e. The molecule has 0 spiro atoms. The summed E-state index contributed by atoms with van der Waals surface area (Å²) in [5.74, 6) is 1.79. The Morgan fingerprint density at radius 2 is 2.00 bits per heavy atom. The first-order chi connectivity index (χ1) is 7.75. The quantitative estimate of drug-likeness (QED) is 0.905. The second kappa shape index (κ2) is 5.58. The molecule has 0 heterocycles. The molecule has 1 fully saturated rings. The summed E-state index contributed by atoms with van der Waals surface area (Å²) in [7, 11) is 0. The van der Waals surface area contributed by atoms with Gasteiger partial charge in [0.2, 0.25) is 0 Å². The first-order valence-corrected chi connectivity index (χ1v) is 6.66. The van der Waals surface area contributed by atoms with Gasteiger partial charge in [-0.15, -0.1) is 0 Å². The zero-order valence-corrected chi connectivity index (χ0v) is 10.9. The van der Waals surface area contributed by atoms with Crippen LogP contribution in [0.3, 0.4) is 0 Å².